The Morgan fingerprint density at radius 2 is 2.10 bits per heavy atom. The first kappa shape index (κ1) is 14.7. The van der Waals surface area contributed by atoms with Crippen LogP contribution >= 0.6 is 0 Å². The predicted molar refractivity (Wildman–Crippen MR) is 74.0 cm³/mol. The number of hydrogen-bond donors (Lipinski definition) is 2. The zero-order valence-electron chi connectivity index (χ0n) is 11.3. The Morgan fingerprint density at radius 1 is 1.38 bits per heavy atom. The van der Waals surface area contributed by atoms with Crippen molar-refractivity contribution in [1.82, 2.24) is 5.32 Å². The zero-order chi connectivity index (χ0) is 15.6. The summed E-state index contributed by atoms with van der Waals surface area (Å²) in [4.78, 5) is 33.1. The van der Waals surface area contributed by atoms with Gasteiger partial charge in [0.05, 0.1) is 10.8 Å². The van der Waals surface area contributed by atoms with E-state index in [1.54, 1.807) is 19.1 Å². The Hall–Kier alpha value is -2.70. The standard InChI is InChI=1S/C14H14N2O5/c1-8-6-9(3-5-12(8)16(20)21)13(17)15-11-4-2-10(7-11)14(18)19/h2-6,10-11H,7H2,1H3,(H,15,17)(H,18,19). The van der Waals surface area contributed by atoms with E-state index >= 15 is 0 Å². The highest BCUT2D eigenvalue weighted by Gasteiger charge is 2.25. The van der Waals surface area contributed by atoms with Gasteiger partial charge < -0.3 is 10.4 Å². The summed E-state index contributed by atoms with van der Waals surface area (Å²) in [6.07, 6.45) is 3.51. The molecule has 0 aliphatic heterocycles. The number of rotatable bonds is 4. The van der Waals surface area contributed by atoms with Gasteiger partial charge in [-0.1, -0.05) is 12.2 Å². The summed E-state index contributed by atoms with van der Waals surface area (Å²) in [5.74, 6) is -1.89. The smallest absolute Gasteiger partial charge is 0.310 e. The van der Waals surface area contributed by atoms with Crippen LogP contribution in [0.3, 0.4) is 0 Å². The number of aryl methyl sites for hydroxylation is 1. The maximum Gasteiger partial charge on any atom is 0.310 e. The Morgan fingerprint density at radius 3 is 2.62 bits per heavy atom. The molecular weight excluding hydrogens is 276 g/mol. The van der Waals surface area contributed by atoms with Crippen molar-refractivity contribution >= 4 is 17.6 Å². The summed E-state index contributed by atoms with van der Waals surface area (Å²) in [7, 11) is 0. The fraction of sp³-hybridized carbons (Fsp3) is 0.286. The van der Waals surface area contributed by atoms with E-state index in [0.717, 1.165) is 0 Å². The van der Waals surface area contributed by atoms with Crippen LogP contribution in [0.5, 0.6) is 0 Å². The van der Waals surface area contributed by atoms with E-state index in [9.17, 15) is 19.7 Å². The van der Waals surface area contributed by atoms with Crippen molar-refractivity contribution in [2.24, 2.45) is 5.92 Å². The van der Waals surface area contributed by atoms with Gasteiger partial charge in [0.15, 0.2) is 0 Å². The van der Waals surface area contributed by atoms with E-state index in [-0.39, 0.29) is 17.6 Å². The van der Waals surface area contributed by atoms with Gasteiger partial charge in [0, 0.05) is 23.2 Å². The average Bonchev–Trinajstić information content (AvgIpc) is 2.86. The van der Waals surface area contributed by atoms with Crippen LogP contribution in [0.2, 0.25) is 0 Å². The fourth-order valence-corrected chi connectivity index (χ4v) is 2.24. The van der Waals surface area contributed by atoms with Crippen molar-refractivity contribution in [2.45, 2.75) is 19.4 Å². The second-order valence-electron chi connectivity index (χ2n) is 4.90. The molecule has 7 nitrogen and oxygen atoms in total. The summed E-state index contributed by atoms with van der Waals surface area (Å²) >= 11 is 0. The lowest BCUT2D eigenvalue weighted by molar-refractivity contribution is -0.385. The molecule has 1 aliphatic rings. The molecular formula is C14H14N2O5. The van der Waals surface area contributed by atoms with E-state index < -0.39 is 16.8 Å². The fourth-order valence-electron chi connectivity index (χ4n) is 2.24. The minimum atomic E-state index is -0.922. The molecule has 0 spiro atoms. The third-order valence-electron chi connectivity index (χ3n) is 3.37. The van der Waals surface area contributed by atoms with E-state index in [4.69, 9.17) is 5.11 Å². The van der Waals surface area contributed by atoms with Gasteiger partial charge >= 0.3 is 5.97 Å². The molecule has 0 saturated heterocycles. The molecule has 2 atom stereocenters. The third kappa shape index (κ3) is 3.25. The summed E-state index contributed by atoms with van der Waals surface area (Å²) in [5, 5.41) is 22.3. The Balaban J connectivity index is 2.05. The second-order valence-corrected chi connectivity index (χ2v) is 4.90. The number of amides is 1. The van der Waals surface area contributed by atoms with E-state index in [2.05, 4.69) is 5.32 Å². The molecule has 0 saturated carbocycles. The monoisotopic (exact) mass is 290 g/mol. The number of nitrogens with zero attached hydrogens (tertiary/aromatic N) is 1. The zero-order valence-corrected chi connectivity index (χ0v) is 11.3. The van der Waals surface area contributed by atoms with Crippen LogP contribution in [0, 0.1) is 23.0 Å². The highest BCUT2D eigenvalue weighted by atomic mass is 16.6. The lowest BCUT2D eigenvalue weighted by Crippen LogP contribution is -2.33. The van der Waals surface area contributed by atoms with Gasteiger partial charge in [-0.05, 0) is 25.5 Å². The summed E-state index contributed by atoms with van der Waals surface area (Å²) < 4.78 is 0. The van der Waals surface area contributed by atoms with E-state index in [0.29, 0.717) is 17.5 Å². The number of hydrogen-bond acceptors (Lipinski definition) is 4. The number of nitrogens with one attached hydrogen (secondary N) is 1. The SMILES string of the molecule is Cc1cc(C(=O)NC2C=CC(C(=O)O)C2)ccc1[N+](=O)[O-]. The minimum absolute atomic E-state index is 0.0433. The number of carbonyl (C=O) groups is 2. The largest absolute Gasteiger partial charge is 0.481 e. The molecule has 0 aromatic heterocycles. The maximum absolute atomic E-state index is 12.0. The van der Waals surface area contributed by atoms with Crippen LogP contribution in [0.25, 0.3) is 0 Å². The van der Waals surface area contributed by atoms with Crippen molar-refractivity contribution in [2.75, 3.05) is 0 Å². The van der Waals surface area contributed by atoms with Crippen molar-refractivity contribution in [3.8, 4) is 0 Å². The molecule has 1 amide bonds. The number of carbonyl (C=O) groups excluding carboxylic acids is 1. The minimum Gasteiger partial charge on any atom is -0.481 e. The van der Waals surface area contributed by atoms with Crippen LogP contribution in [0.15, 0.2) is 30.4 Å². The normalized spacial score (nSPS) is 20.2. The molecule has 0 heterocycles. The summed E-state index contributed by atoms with van der Waals surface area (Å²) in [5.41, 5.74) is 0.668. The number of carboxylic acid groups (broad SMARTS) is 1. The Kier molecular flexibility index (Phi) is 4.02. The molecule has 0 fully saturated rings. The molecule has 0 radical (unpaired) electrons. The van der Waals surface area contributed by atoms with Gasteiger partial charge in [-0.2, -0.15) is 0 Å². The van der Waals surface area contributed by atoms with Crippen LogP contribution in [-0.4, -0.2) is 27.9 Å². The first-order valence-electron chi connectivity index (χ1n) is 6.35. The first-order chi connectivity index (χ1) is 9.88. The van der Waals surface area contributed by atoms with Crippen LogP contribution in [0.4, 0.5) is 5.69 Å². The number of carboxylic acids is 1. The third-order valence-corrected chi connectivity index (χ3v) is 3.37. The van der Waals surface area contributed by atoms with Crippen molar-refractivity contribution < 1.29 is 19.6 Å². The highest BCUT2D eigenvalue weighted by molar-refractivity contribution is 5.95. The molecule has 1 aromatic rings. The van der Waals surface area contributed by atoms with Crippen molar-refractivity contribution in [3.05, 3.63) is 51.6 Å². The molecule has 110 valence electrons. The number of benzene rings is 1. The molecule has 7 heteroatoms. The number of nitro groups is 1. The molecule has 2 N–H and O–H groups in total. The number of nitro benzene ring substituents is 1. The second kappa shape index (κ2) is 5.74. The lowest BCUT2D eigenvalue weighted by atomic mass is 10.1. The first-order valence-corrected chi connectivity index (χ1v) is 6.35. The van der Waals surface area contributed by atoms with Crippen LogP contribution in [-0.2, 0) is 4.79 Å². The molecule has 1 aromatic carbocycles. The van der Waals surface area contributed by atoms with Crippen molar-refractivity contribution in [3.63, 3.8) is 0 Å². The molecule has 0 bridgehead atoms. The quantitative estimate of drug-likeness (QED) is 0.498. The van der Waals surface area contributed by atoms with Crippen LogP contribution < -0.4 is 5.32 Å². The number of aliphatic carboxylic acids is 1. The molecule has 1 aliphatic carbocycles. The Labute approximate surface area is 120 Å². The highest BCUT2D eigenvalue weighted by Crippen LogP contribution is 2.21. The van der Waals surface area contributed by atoms with Gasteiger partial charge in [0.1, 0.15) is 0 Å². The average molecular weight is 290 g/mol. The van der Waals surface area contributed by atoms with Gasteiger partial charge in [0.2, 0.25) is 0 Å². The van der Waals surface area contributed by atoms with E-state index in [1.807, 2.05) is 0 Å². The summed E-state index contributed by atoms with van der Waals surface area (Å²) in [6.45, 7) is 1.56. The summed E-state index contributed by atoms with van der Waals surface area (Å²) in [6, 6.07) is 3.78. The molecule has 2 unspecified atom stereocenters. The van der Waals surface area contributed by atoms with Gasteiger partial charge in [-0.15, -0.1) is 0 Å². The van der Waals surface area contributed by atoms with E-state index in [1.165, 1.54) is 18.2 Å². The van der Waals surface area contributed by atoms with Crippen LogP contribution in [0.1, 0.15) is 22.3 Å². The molecule has 2 rings (SSSR count). The van der Waals surface area contributed by atoms with Crippen molar-refractivity contribution in [1.29, 1.82) is 0 Å². The lowest BCUT2D eigenvalue weighted by Gasteiger charge is -2.12. The van der Waals surface area contributed by atoms with Gasteiger partial charge in [-0.3, -0.25) is 19.7 Å². The molecule has 21 heavy (non-hydrogen) atoms. The van der Waals surface area contributed by atoms with Gasteiger partial charge in [-0.25, -0.2) is 0 Å². The topological polar surface area (TPSA) is 110 Å². The Bertz CT molecular complexity index is 638. The maximum atomic E-state index is 12.0. The predicted octanol–water partition coefficient (Wildman–Crippen LogP) is 1.66. The van der Waals surface area contributed by atoms with Gasteiger partial charge in [0.25, 0.3) is 11.6 Å².